The summed E-state index contributed by atoms with van der Waals surface area (Å²) in [6.07, 6.45) is 1.74. The number of benzene rings is 1. The maximum Gasteiger partial charge on any atom is 0.238 e. The van der Waals surface area contributed by atoms with Gasteiger partial charge in [-0.2, -0.15) is 0 Å². The number of hydrogen-bond donors (Lipinski definition) is 1. The van der Waals surface area contributed by atoms with Gasteiger partial charge in [0, 0.05) is 30.4 Å². The molecule has 0 spiro atoms. The van der Waals surface area contributed by atoms with Gasteiger partial charge in [0.1, 0.15) is 5.75 Å². The zero-order valence-electron chi connectivity index (χ0n) is 14.4. The molecule has 0 unspecified atom stereocenters. The van der Waals surface area contributed by atoms with Crippen LogP contribution in [0, 0.1) is 25.8 Å². The van der Waals surface area contributed by atoms with Gasteiger partial charge in [-0.05, 0) is 43.5 Å². The van der Waals surface area contributed by atoms with Crippen LogP contribution in [-0.4, -0.2) is 37.6 Å². The number of aromatic nitrogens is 1. The number of methoxy groups -OCH3 is 1. The Kier molecular flexibility index (Phi) is 5.58. The zero-order chi connectivity index (χ0) is 17.7. The van der Waals surface area contributed by atoms with Gasteiger partial charge in [0.15, 0.2) is 0 Å². The third-order valence-corrected chi connectivity index (χ3v) is 4.72. The number of aryl methyl sites for hydroxylation is 2. The Morgan fingerprint density at radius 2 is 1.96 bits per heavy atom. The third-order valence-electron chi connectivity index (χ3n) is 3.64. The van der Waals surface area contributed by atoms with Crippen molar-refractivity contribution in [3.05, 3.63) is 52.8 Å². The fourth-order valence-corrected chi connectivity index (χ4v) is 3.07. The molecule has 6 heteroatoms. The zero-order valence-corrected chi connectivity index (χ0v) is 15.2. The van der Waals surface area contributed by atoms with E-state index in [0.29, 0.717) is 24.3 Å². The quantitative estimate of drug-likeness (QED) is 0.668. The summed E-state index contributed by atoms with van der Waals surface area (Å²) in [7, 11) is -1.87. The van der Waals surface area contributed by atoms with E-state index in [1.165, 1.54) is 4.31 Å². The lowest BCUT2D eigenvalue weighted by Crippen LogP contribution is -2.27. The van der Waals surface area contributed by atoms with Crippen molar-refractivity contribution in [1.82, 2.24) is 9.29 Å². The van der Waals surface area contributed by atoms with E-state index in [1.54, 1.807) is 19.2 Å². The summed E-state index contributed by atoms with van der Waals surface area (Å²) in [5.74, 6) is 3.51. The van der Waals surface area contributed by atoms with E-state index in [4.69, 9.17) is 4.74 Å². The van der Waals surface area contributed by atoms with Gasteiger partial charge in [-0.3, -0.25) is 0 Å². The summed E-state index contributed by atoms with van der Waals surface area (Å²) < 4.78 is 30.4. The van der Waals surface area contributed by atoms with Crippen LogP contribution in [0.4, 0.5) is 0 Å². The summed E-state index contributed by atoms with van der Waals surface area (Å²) in [6.45, 7) is 4.28. The molecular formula is C18H22N2O3S. The molecule has 0 aliphatic heterocycles. The molecule has 0 fully saturated rings. The molecule has 2 aromatic rings. The predicted octanol–water partition coefficient (Wildman–Crippen LogP) is 2.45. The largest absolute Gasteiger partial charge is 0.495 e. The molecular weight excluding hydrogens is 324 g/mol. The second kappa shape index (κ2) is 7.45. The molecule has 1 heterocycles. The van der Waals surface area contributed by atoms with Crippen LogP contribution in [0.15, 0.2) is 30.3 Å². The Hall–Kier alpha value is -2.39. The van der Waals surface area contributed by atoms with Gasteiger partial charge in [-0.15, -0.1) is 0 Å². The fraction of sp³-hybridized carbons (Fsp3) is 0.333. The number of aromatic amines is 1. The first-order valence-electron chi connectivity index (χ1n) is 7.58. The van der Waals surface area contributed by atoms with Crippen molar-refractivity contribution in [3.63, 3.8) is 0 Å². The molecule has 2 rings (SSSR count). The second-order valence-corrected chi connectivity index (χ2v) is 7.54. The normalized spacial score (nSPS) is 10.8. The standard InChI is InChI=1S/C18H22N2O3S/c1-14-13-15(2)19-17(14)10-12-20(24(4,21)22)11-9-16-7-5-6-8-18(16)23-3/h5-8,13,19H,10,12H2,1-4H3. The van der Waals surface area contributed by atoms with Crippen molar-refractivity contribution in [2.75, 3.05) is 19.9 Å². The molecule has 5 nitrogen and oxygen atoms in total. The number of nitrogens with zero attached hydrogens (tertiary/aromatic N) is 1. The number of para-hydroxylation sites is 1. The highest BCUT2D eigenvalue weighted by atomic mass is 32.2. The molecule has 0 atom stereocenters. The second-order valence-electron chi connectivity index (χ2n) is 5.64. The molecule has 1 N–H and O–H groups in total. The van der Waals surface area contributed by atoms with Gasteiger partial charge in [0.05, 0.1) is 18.9 Å². The van der Waals surface area contributed by atoms with Gasteiger partial charge in [0.25, 0.3) is 0 Å². The minimum absolute atomic E-state index is 0.293. The molecule has 128 valence electrons. The van der Waals surface area contributed by atoms with E-state index >= 15 is 0 Å². The van der Waals surface area contributed by atoms with Gasteiger partial charge in [-0.1, -0.05) is 12.1 Å². The Morgan fingerprint density at radius 1 is 1.25 bits per heavy atom. The lowest BCUT2D eigenvalue weighted by atomic mass is 10.2. The summed E-state index contributed by atoms with van der Waals surface area (Å²) in [5.41, 5.74) is 3.87. The van der Waals surface area contributed by atoms with Gasteiger partial charge in [0.2, 0.25) is 10.0 Å². The first-order valence-corrected chi connectivity index (χ1v) is 9.43. The van der Waals surface area contributed by atoms with Crippen LogP contribution in [0.1, 0.15) is 22.5 Å². The number of nitrogens with one attached hydrogen (secondary N) is 1. The minimum atomic E-state index is -3.43. The summed E-state index contributed by atoms with van der Waals surface area (Å²) in [6, 6.07) is 12.1. The molecule has 1 aromatic heterocycles. The number of rotatable bonds is 5. The van der Waals surface area contributed by atoms with Crippen LogP contribution in [0.5, 0.6) is 5.75 Å². The highest BCUT2D eigenvalue weighted by Gasteiger charge is 2.14. The number of hydrogen-bond acceptors (Lipinski definition) is 3. The van der Waals surface area contributed by atoms with Crippen molar-refractivity contribution in [3.8, 4) is 17.7 Å². The van der Waals surface area contributed by atoms with E-state index in [2.05, 4.69) is 16.9 Å². The third kappa shape index (κ3) is 4.56. The van der Waals surface area contributed by atoms with Gasteiger partial charge in [-0.25, -0.2) is 12.7 Å². The molecule has 1 aromatic carbocycles. The Morgan fingerprint density at radius 3 is 2.54 bits per heavy atom. The molecule has 0 saturated heterocycles. The molecule has 0 saturated carbocycles. The van der Waals surface area contributed by atoms with Gasteiger partial charge >= 0.3 is 0 Å². The van der Waals surface area contributed by atoms with Crippen LogP contribution in [-0.2, 0) is 16.4 Å². The molecule has 0 aliphatic carbocycles. The van der Waals surface area contributed by atoms with Crippen LogP contribution in [0.2, 0.25) is 0 Å². The number of ether oxygens (including phenoxy) is 1. The van der Waals surface area contributed by atoms with Crippen LogP contribution >= 0.6 is 0 Å². The molecule has 0 bridgehead atoms. The first-order chi connectivity index (χ1) is 11.3. The van der Waals surface area contributed by atoms with Crippen LogP contribution < -0.4 is 4.74 Å². The van der Waals surface area contributed by atoms with Crippen LogP contribution in [0.25, 0.3) is 0 Å². The lowest BCUT2D eigenvalue weighted by molar-refractivity contribution is 0.413. The van der Waals surface area contributed by atoms with E-state index < -0.39 is 10.0 Å². The van der Waals surface area contributed by atoms with E-state index in [9.17, 15) is 8.42 Å². The maximum absolute atomic E-state index is 12.0. The number of sulfonamides is 1. The average molecular weight is 346 g/mol. The van der Waals surface area contributed by atoms with Crippen molar-refractivity contribution < 1.29 is 13.2 Å². The summed E-state index contributed by atoms with van der Waals surface area (Å²) in [4.78, 5) is 3.25. The topological polar surface area (TPSA) is 62.4 Å². The van der Waals surface area contributed by atoms with E-state index in [-0.39, 0.29) is 0 Å². The maximum atomic E-state index is 12.0. The molecule has 0 radical (unpaired) electrons. The van der Waals surface area contributed by atoms with Gasteiger partial charge < -0.3 is 9.72 Å². The summed E-state index contributed by atoms with van der Waals surface area (Å²) >= 11 is 0. The van der Waals surface area contributed by atoms with E-state index in [0.717, 1.165) is 23.2 Å². The fourth-order valence-electron chi connectivity index (χ4n) is 2.43. The minimum Gasteiger partial charge on any atom is -0.495 e. The first kappa shape index (κ1) is 18.0. The molecule has 0 amide bonds. The highest BCUT2D eigenvalue weighted by molar-refractivity contribution is 7.88. The van der Waals surface area contributed by atoms with Crippen LogP contribution in [0.3, 0.4) is 0 Å². The smallest absolute Gasteiger partial charge is 0.238 e. The Labute approximate surface area is 143 Å². The lowest BCUT2D eigenvalue weighted by Gasteiger charge is -2.14. The molecule has 0 aliphatic rings. The van der Waals surface area contributed by atoms with E-state index in [1.807, 2.05) is 32.0 Å². The monoisotopic (exact) mass is 346 g/mol. The van der Waals surface area contributed by atoms with Crippen molar-refractivity contribution in [1.29, 1.82) is 0 Å². The Balaban J connectivity index is 2.21. The Bertz CT molecular complexity index is 873. The molecule has 24 heavy (non-hydrogen) atoms. The van der Waals surface area contributed by atoms with Crippen molar-refractivity contribution in [2.24, 2.45) is 0 Å². The number of H-pyrrole nitrogens is 1. The van der Waals surface area contributed by atoms with Crippen molar-refractivity contribution >= 4 is 10.0 Å². The van der Waals surface area contributed by atoms with Crippen molar-refractivity contribution in [2.45, 2.75) is 20.3 Å². The predicted molar refractivity (Wildman–Crippen MR) is 95.4 cm³/mol. The summed E-state index contributed by atoms with van der Waals surface area (Å²) in [5, 5.41) is 0. The highest BCUT2D eigenvalue weighted by Crippen LogP contribution is 2.16. The average Bonchev–Trinajstić information content (AvgIpc) is 2.84. The SMILES string of the molecule is COc1ccccc1C#CN(CCc1[nH]c(C)cc1C)S(C)(=O)=O.